The van der Waals surface area contributed by atoms with E-state index >= 15 is 0 Å². The average molecular weight is 286 g/mol. The maximum Gasteiger partial charge on any atom is 0.224 e. The van der Waals surface area contributed by atoms with Crippen molar-refractivity contribution in [2.75, 3.05) is 17.7 Å². The van der Waals surface area contributed by atoms with Crippen LogP contribution in [-0.2, 0) is 0 Å². The number of halogens is 2. The van der Waals surface area contributed by atoms with Crippen LogP contribution in [0.3, 0.4) is 0 Å². The van der Waals surface area contributed by atoms with E-state index in [1.165, 1.54) is 6.07 Å². The number of hydrogen-bond acceptors (Lipinski definition) is 4. The predicted molar refractivity (Wildman–Crippen MR) is 78.7 cm³/mol. The van der Waals surface area contributed by atoms with Gasteiger partial charge in [0.25, 0.3) is 0 Å². The maximum absolute atomic E-state index is 13.3. The summed E-state index contributed by atoms with van der Waals surface area (Å²) in [6, 6.07) is 11.1. The molecular weight excluding hydrogens is 274 g/mol. The predicted octanol–water partition coefficient (Wildman–Crippen LogP) is 3.69. The van der Waals surface area contributed by atoms with Gasteiger partial charge in [-0.2, -0.15) is 4.98 Å². The van der Waals surface area contributed by atoms with Gasteiger partial charge in [0.2, 0.25) is 5.95 Å². The Kier molecular flexibility index (Phi) is 3.35. The van der Waals surface area contributed by atoms with E-state index < -0.39 is 11.6 Å². The number of nitrogens with zero attached hydrogens (tertiary/aromatic N) is 2. The Balaban J connectivity index is 2.08. The second-order valence-electron chi connectivity index (χ2n) is 4.42. The van der Waals surface area contributed by atoms with Crippen molar-refractivity contribution < 1.29 is 8.78 Å². The molecule has 0 aliphatic heterocycles. The van der Waals surface area contributed by atoms with Crippen LogP contribution in [0.1, 0.15) is 0 Å². The SMILES string of the molecule is CNc1nc(Nc2ccc(F)c(F)c2)c2ccccc2n1. The van der Waals surface area contributed by atoms with Gasteiger partial charge in [0, 0.05) is 24.2 Å². The molecule has 0 unspecified atom stereocenters. The minimum atomic E-state index is -0.910. The van der Waals surface area contributed by atoms with E-state index in [0.29, 0.717) is 17.5 Å². The normalized spacial score (nSPS) is 10.6. The number of anilines is 3. The van der Waals surface area contributed by atoms with Gasteiger partial charge in [-0.3, -0.25) is 0 Å². The minimum Gasteiger partial charge on any atom is -0.357 e. The summed E-state index contributed by atoms with van der Waals surface area (Å²) in [5.41, 5.74) is 1.17. The highest BCUT2D eigenvalue weighted by atomic mass is 19.2. The number of rotatable bonds is 3. The summed E-state index contributed by atoms with van der Waals surface area (Å²) in [6.45, 7) is 0. The van der Waals surface area contributed by atoms with Crippen molar-refractivity contribution >= 4 is 28.4 Å². The fourth-order valence-corrected chi connectivity index (χ4v) is 1.99. The van der Waals surface area contributed by atoms with E-state index in [1.807, 2.05) is 24.3 Å². The molecule has 1 aromatic heterocycles. The summed E-state index contributed by atoms with van der Waals surface area (Å²) in [6.07, 6.45) is 0. The summed E-state index contributed by atoms with van der Waals surface area (Å²) < 4.78 is 26.3. The second-order valence-corrected chi connectivity index (χ2v) is 4.42. The van der Waals surface area contributed by atoms with Gasteiger partial charge in [0.15, 0.2) is 11.6 Å². The van der Waals surface area contributed by atoms with Crippen molar-refractivity contribution in [2.24, 2.45) is 0 Å². The molecule has 0 saturated heterocycles. The van der Waals surface area contributed by atoms with Crippen LogP contribution < -0.4 is 10.6 Å². The van der Waals surface area contributed by atoms with Gasteiger partial charge in [-0.15, -0.1) is 0 Å². The summed E-state index contributed by atoms with van der Waals surface area (Å²) >= 11 is 0. The molecule has 6 heteroatoms. The summed E-state index contributed by atoms with van der Waals surface area (Å²) in [5, 5.41) is 6.65. The zero-order valence-corrected chi connectivity index (χ0v) is 11.2. The van der Waals surface area contributed by atoms with Crippen LogP contribution in [0.4, 0.5) is 26.2 Å². The molecule has 4 nitrogen and oxygen atoms in total. The van der Waals surface area contributed by atoms with Gasteiger partial charge >= 0.3 is 0 Å². The highest BCUT2D eigenvalue weighted by molar-refractivity contribution is 5.91. The van der Waals surface area contributed by atoms with Crippen LogP contribution in [0.25, 0.3) is 10.9 Å². The molecule has 0 aliphatic carbocycles. The molecular formula is C15H12F2N4. The molecule has 106 valence electrons. The Labute approximate surface area is 119 Å². The van der Waals surface area contributed by atoms with Crippen molar-refractivity contribution in [2.45, 2.75) is 0 Å². The summed E-state index contributed by atoms with van der Waals surface area (Å²) in [4.78, 5) is 8.65. The van der Waals surface area contributed by atoms with Gasteiger partial charge in [-0.25, -0.2) is 13.8 Å². The Morgan fingerprint density at radius 3 is 2.52 bits per heavy atom. The van der Waals surface area contributed by atoms with E-state index in [2.05, 4.69) is 20.6 Å². The second kappa shape index (κ2) is 5.32. The van der Waals surface area contributed by atoms with Crippen LogP contribution in [0, 0.1) is 11.6 Å². The van der Waals surface area contributed by atoms with E-state index in [4.69, 9.17) is 0 Å². The van der Waals surface area contributed by atoms with E-state index in [-0.39, 0.29) is 0 Å². The number of benzene rings is 2. The third kappa shape index (κ3) is 2.60. The molecule has 0 radical (unpaired) electrons. The molecule has 0 amide bonds. The van der Waals surface area contributed by atoms with Crippen LogP contribution in [0.15, 0.2) is 42.5 Å². The fourth-order valence-electron chi connectivity index (χ4n) is 1.99. The molecule has 0 saturated carbocycles. The molecule has 3 aromatic rings. The number of hydrogen-bond donors (Lipinski definition) is 2. The number of para-hydroxylation sites is 1. The molecule has 2 N–H and O–H groups in total. The van der Waals surface area contributed by atoms with Crippen molar-refractivity contribution in [3.8, 4) is 0 Å². The first kappa shape index (κ1) is 13.2. The van der Waals surface area contributed by atoms with Crippen molar-refractivity contribution in [1.82, 2.24) is 9.97 Å². The van der Waals surface area contributed by atoms with Gasteiger partial charge in [0.1, 0.15) is 5.82 Å². The lowest BCUT2D eigenvalue weighted by Crippen LogP contribution is -2.02. The van der Waals surface area contributed by atoms with Gasteiger partial charge < -0.3 is 10.6 Å². The first-order valence-electron chi connectivity index (χ1n) is 6.34. The van der Waals surface area contributed by atoms with Gasteiger partial charge in [-0.05, 0) is 24.3 Å². The Morgan fingerprint density at radius 2 is 1.76 bits per heavy atom. The lowest BCUT2D eigenvalue weighted by Gasteiger charge is -2.10. The zero-order chi connectivity index (χ0) is 14.8. The van der Waals surface area contributed by atoms with E-state index in [0.717, 1.165) is 23.0 Å². The highest BCUT2D eigenvalue weighted by Gasteiger charge is 2.08. The quantitative estimate of drug-likeness (QED) is 0.771. The van der Waals surface area contributed by atoms with Crippen molar-refractivity contribution in [3.05, 3.63) is 54.1 Å². The molecule has 0 spiro atoms. The van der Waals surface area contributed by atoms with Crippen molar-refractivity contribution in [1.29, 1.82) is 0 Å². The van der Waals surface area contributed by atoms with E-state index in [1.54, 1.807) is 7.05 Å². The van der Waals surface area contributed by atoms with Crippen LogP contribution in [-0.4, -0.2) is 17.0 Å². The Bertz CT molecular complexity index is 805. The molecule has 2 aromatic carbocycles. The Morgan fingerprint density at radius 1 is 0.952 bits per heavy atom. The maximum atomic E-state index is 13.3. The van der Waals surface area contributed by atoms with E-state index in [9.17, 15) is 8.78 Å². The Hall–Kier alpha value is -2.76. The molecule has 0 fully saturated rings. The average Bonchev–Trinajstić information content (AvgIpc) is 2.51. The molecule has 0 atom stereocenters. The standard InChI is InChI=1S/C15H12F2N4/c1-18-15-20-13-5-3-2-4-10(13)14(21-15)19-9-6-7-11(16)12(17)8-9/h2-8H,1H3,(H2,18,19,20,21). The molecule has 3 rings (SSSR count). The lowest BCUT2D eigenvalue weighted by atomic mass is 10.2. The fraction of sp³-hybridized carbons (Fsp3) is 0.0667. The molecule has 0 aliphatic rings. The van der Waals surface area contributed by atoms with Crippen LogP contribution in [0.2, 0.25) is 0 Å². The van der Waals surface area contributed by atoms with Crippen molar-refractivity contribution in [3.63, 3.8) is 0 Å². The first-order chi connectivity index (χ1) is 10.2. The summed E-state index contributed by atoms with van der Waals surface area (Å²) in [5.74, 6) is -0.828. The summed E-state index contributed by atoms with van der Waals surface area (Å²) in [7, 11) is 1.71. The third-order valence-corrected chi connectivity index (χ3v) is 3.01. The lowest BCUT2D eigenvalue weighted by molar-refractivity contribution is 0.509. The molecule has 0 bridgehead atoms. The topological polar surface area (TPSA) is 49.8 Å². The molecule has 21 heavy (non-hydrogen) atoms. The first-order valence-corrected chi connectivity index (χ1v) is 6.34. The number of aromatic nitrogens is 2. The van der Waals surface area contributed by atoms with Gasteiger partial charge in [-0.1, -0.05) is 12.1 Å². The smallest absolute Gasteiger partial charge is 0.224 e. The third-order valence-electron chi connectivity index (χ3n) is 3.01. The molecule has 1 heterocycles. The van der Waals surface area contributed by atoms with Crippen LogP contribution in [0.5, 0.6) is 0 Å². The van der Waals surface area contributed by atoms with Gasteiger partial charge in [0.05, 0.1) is 5.52 Å². The number of fused-ring (bicyclic) bond motifs is 1. The highest BCUT2D eigenvalue weighted by Crippen LogP contribution is 2.25. The number of nitrogens with one attached hydrogen (secondary N) is 2. The zero-order valence-electron chi connectivity index (χ0n) is 11.2. The minimum absolute atomic E-state index is 0.416. The van der Waals surface area contributed by atoms with Crippen LogP contribution >= 0.6 is 0 Å². The monoisotopic (exact) mass is 286 g/mol. The largest absolute Gasteiger partial charge is 0.357 e.